The van der Waals surface area contributed by atoms with Crippen molar-refractivity contribution in [3.05, 3.63) is 27.8 Å². The fourth-order valence-electron chi connectivity index (χ4n) is 1.91. The molecular weight excluding hydrogens is 250 g/mol. The fourth-order valence-corrected chi connectivity index (χ4v) is 2.06. The number of Topliss-reactive ketones (excluding diaryl/α,β-unsaturated/α-hetero) is 1. The predicted molar refractivity (Wildman–Crippen MR) is 74.7 cm³/mol. The van der Waals surface area contributed by atoms with Gasteiger partial charge in [-0.05, 0) is 44.4 Å². The van der Waals surface area contributed by atoms with E-state index in [1.165, 1.54) is 0 Å². The number of nitrogens with two attached hydrogens (primary N) is 1. The van der Waals surface area contributed by atoms with Crippen molar-refractivity contribution >= 4 is 17.4 Å². The van der Waals surface area contributed by atoms with Crippen LogP contribution < -0.4 is 10.5 Å². The van der Waals surface area contributed by atoms with E-state index in [2.05, 4.69) is 0 Å². The number of methoxy groups -OCH3 is 1. The molecule has 18 heavy (non-hydrogen) atoms. The Balaban J connectivity index is 3.14. The fraction of sp³-hybridized carbons (Fsp3) is 0.500. The Kier molecular flexibility index (Phi) is 5.17. The van der Waals surface area contributed by atoms with Crippen molar-refractivity contribution in [2.45, 2.75) is 39.7 Å². The van der Waals surface area contributed by atoms with Gasteiger partial charge in [-0.2, -0.15) is 0 Å². The Morgan fingerprint density at radius 1 is 1.50 bits per heavy atom. The van der Waals surface area contributed by atoms with Gasteiger partial charge in [-0.25, -0.2) is 0 Å². The number of hydrogen-bond donors (Lipinski definition) is 1. The number of ether oxygens (including phenoxy) is 1. The van der Waals surface area contributed by atoms with E-state index in [1.807, 2.05) is 20.8 Å². The number of ketones is 1. The van der Waals surface area contributed by atoms with Gasteiger partial charge in [0.05, 0.1) is 12.7 Å². The first kappa shape index (κ1) is 15.0. The summed E-state index contributed by atoms with van der Waals surface area (Å²) < 4.78 is 5.28. The summed E-state index contributed by atoms with van der Waals surface area (Å²) in [6, 6.07) is 1.82. The van der Waals surface area contributed by atoms with Gasteiger partial charge in [0.2, 0.25) is 0 Å². The van der Waals surface area contributed by atoms with E-state index in [-0.39, 0.29) is 11.8 Å². The molecular formula is C14H20ClNO2. The molecule has 1 unspecified atom stereocenters. The molecule has 100 valence electrons. The van der Waals surface area contributed by atoms with Crippen LogP contribution in [0.15, 0.2) is 6.07 Å². The zero-order chi connectivity index (χ0) is 13.9. The molecule has 0 aromatic heterocycles. The van der Waals surface area contributed by atoms with Gasteiger partial charge in [0.1, 0.15) is 5.75 Å². The quantitative estimate of drug-likeness (QED) is 0.835. The molecule has 0 aliphatic carbocycles. The van der Waals surface area contributed by atoms with Gasteiger partial charge in [-0.1, -0.05) is 11.6 Å². The molecule has 4 heteroatoms. The molecule has 1 rings (SSSR count). The Morgan fingerprint density at radius 3 is 2.61 bits per heavy atom. The number of rotatable bonds is 5. The highest BCUT2D eigenvalue weighted by molar-refractivity contribution is 6.32. The minimum absolute atomic E-state index is 0.0150. The standard InChI is InChI=1S/C14H20ClNO2/c1-8-7-12(18-4)13(10(3)14(8)15)11(17)6-5-9(2)16/h7,9H,5-6,16H2,1-4H3. The van der Waals surface area contributed by atoms with E-state index in [1.54, 1.807) is 13.2 Å². The van der Waals surface area contributed by atoms with E-state index >= 15 is 0 Å². The van der Waals surface area contributed by atoms with Crippen LogP contribution in [-0.2, 0) is 0 Å². The molecule has 1 aromatic carbocycles. The summed E-state index contributed by atoms with van der Waals surface area (Å²) in [5.41, 5.74) is 7.94. The van der Waals surface area contributed by atoms with Crippen molar-refractivity contribution < 1.29 is 9.53 Å². The molecule has 3 nitrogen and oxygen atoms in total. The van der Waals surface area contributed by atoms with Crippen LogP contribution in [0.25, 0.3) is 0 Å². The topological polar surface area (TPSA) is 52.3 Å². The number of halogens is 1. The average Bonchev–Trinajstić information content (AvgIpc) is 2.32. The molecule has 0 spiro atoms. The van der Waals surface area contributed by atoms with Gasteiger partial charge in [-0.15, -0.1) is 0 Å². The molecule has 0 aliphatic rings. The van der Waals surface area contributed by atoms with Gasteiger partial charge in [0.25, 0.3) is 0 Å². The van der Waals surface area contributed by atoms with E-state index in [9.17, 15) is 4.79 Å². The van der Waals surface area contributed by atoms with Crippen molar-refractivity contribution in [1.82, 2.24) is 0 Å². The van der Waals surface area contributed by atoms with Gasteiger partial charge < -0.3 is 10.5 Å². The SMILES string of the molecule is COc1cc(C)c(Cl)c(C)c1C(=O)CCC(C)N. The molecule has 0 saturated carbocycles. The summed E-state index contributed by atoms with van der Waals surface area (Å²) in [5.74, 6) is 0.618. The zero-order valence-corrected chi connectivity index (χ0v) is 12.1. The Hall–Kier alpha value is -1.06. The van der Waals surface area contributed by atoms with Crippen LogP contribution >= 0.6 is 11.6 Å². The smallest absolute Gasteiger partial charge is 0.166 e. The second kappa shape index (κ2) is 6.21. The average molecular weight is 270 g/mol. The number of carbonyl (C=O) groups is 1. The maximum absolute atomic E-state index is 12.2. The van der Waals surface area contributed by atoms with E-state index in [4.69, 9.17) is 22.1 Å². The summed E-state index contributed by atoms with van der Waals surface area (Å²) >= 11 is 6.19. The highest BCUT2D eigenvalue weighted by atomic mass is 35.5. The minimum atomic E-state index is 0.0150. The van der Waals surface area contributed by atoms with E-state index in [0.717, 1.165) is 11.1 Å². The first-order chi connectivity index (χ1) is 8.38. The molecule has 0 radical (unpaired) electrons. The third-order valence-corrected chi connectivity index (χ3v) is 3.55. The second-order valence-electron chi connectivity index (χ2n) is 4.65. The lowest BCUT2D eigenvalue weighted by atomic mass is 9.97. The third kappa shape index (κ3) is 3.24. The van der Waals surface area contributed by atoms with Crippen LogP contribution in [0.3, 0.4) is 0 Å². The van der Waals surface area contributed by atoms with Crippen LogP contribution in [0.1, 0.15) is 41.3 Å². The maximum Gasteiger partial charge on any atom is 0.166 e. The van der Waals surface area contributed by atoms with Gasteiger partial charge in [-0.3, -0.25) is 4.79 Å². The Bertz CT molecular complexity index is 456. The largest absolute Gasteiger partial charge is 0.496 e. The number of aryl methyl sites for hydroxylation is 1. The van der Waals surface area contributed by atoms with Crippen LogP contribution in [0.5, 0.6) is 5.75 Å². The van der Waals surface area contributed by atoms with Crippen molar-refractivity contribution in [3.8, 4) is 5.75 Å². The predicted octanol–water partition coefficient (Wildman–Crippen LogP) is 3.28. The van der Waals surface area contributed by atoms with Crippen LogP contribution in [-0.4, -0.2) is 18.9 Å². The monoisotopic (exact) mass is 269 g/mol. The van der Waals surface area contributed by atoms with Crippen LogP contribution in [0.2, 0.25) is 5.02 Å². The maximum atomic E-state index is 12.2. The summed E-state index contributed by atoms with van der Waals surface area (Å²) in [4.78, 5) is 12.2. The number of carbonyl (C=O) groups excluding carboxylic acids is 1. The molecule has 0 amide bonds. The summed E-state index contributed by atoms with van der Waals surface area (Å²) in [5, 5.41) is 0.625. The lowest BCUT2D eigenvalue weighted by Crippen LogP contribution is -2.17. The van der Waals surface area contributed by atoms with E-state index < -0.39 is 0 Å². The molecule has 0 heterocycles. The van der Waals surface area contributed by atoms with Crippen LogP contribution in [0, 0.1) is 13.8 Å². The molecule has 0 aliphatic heterocycles. The molecule has 1 aromatic rings. The van der Waals surface area contributed by atoms with Crippen LogP contribution in [0.4, 0.5) is 0 Å². The summed E-state index contributed by atoms with van der Waals surface area (Å²) in [6.07, 6.45) is 1.07. The van der Waals surface area contributed by atoms with Gasteiger partial charge >= 0.3 is 0 Å². The first-order valence-corrected chi connectivity index (χ1v) is 6.38. The van der Waals surface area contributed by atoms with Crippen molar-refractivity contribution in [2.24, 2.45) is 5.73 Å². The highest BCUT2D eigenvalue weighted by Crippen LogP contribution is 2.32. The molecule has 0 fully saturated rings. The second-order valence-corrected chi connectivity index (χ2v) is 5.03. The molecule has 0 bridgehead atoms. The Morgan fingerprint density at radius 2 is 2.11 bits per heavy atom. The van der Waals surface area contributed by atoms with Crippen molar-refractivity contribution in [2.75, 3.05) is 7.11 Å². The minimum Gasteiger partial charge on any atom is -0.496 e. The Labute approximate surface area is 113 Å². The highest BCUT2D eigenvalue weighted by Gasteiger charge is 2.19. The zero-order valence-electron chi connectivity index (χ0n) is 11.3. The third-order valence-electron chi connectivity index (χ3n) is 2.97. The normalized spacial score (nSPS) is 12.3. The number of hydrogen-bond acceptors (Lipinski definition) is 3. The summed E-state index contributed by atoms with van der Waals surface area (Å²) in [6.45, 7) is 5.63. The van der Waals surface area contributed by atoms with Crippen molar-refractivity contribution in [1.29, 1.82) is 0 Å². The number of benzene rings is 1. The first-order valence-electron chi connectivity index (χ1n) is 6.01. The molecule has 2 N–H and O–H groups in total. The van der Waals surface area contributed by atoms with Crippen molar-refractivity contribution in [3.63, 3.8) is 0 Å². The van der Waals surface area contributed by atoms with E-state index in [0.29, 0.717) is 29.2 Å². The summed E-state index contributed by atoms with van der Waals surface area (Å²) in [7, 11) is 1.56. The lowest BCUT2D eigenvalue weighted by molar-refractivity contribution is 0.0974. The lowest BCUT2D eigenvalue weighted by Gasteiger charge is -2.14. The van der Waals surface area contributed by atoms with Gasteiger partial charge in [0, 0.05) is 17.5 Å². The molecule has 1 atom stereocenters. The van der Waals surface area contributed by atoms with Gasteiger partial charge in [0.15, 0.2) is 5.78 Å². The molecule has 0 saturated heterocycles.